The predicted octanol–water partition coefficient (Wildman–Crippen LogP) is -3.38. The van der Waals surface area contributed by atoms with Gasteiger partial charge in [-0.25, -0.2) is 8.42 Å². The molecule has 0 aliphatic carbocycles. The Hall–Kier alpha value is 0.120. The fourth-order valence-corrected chi connectivity index (χ4v) is 1.10. The van der Waals surface area contributed by atoms with E-state index in [1.165, 1.54) is 0 Å². The second kappa shape index (κ2) is 7.42. The smallest absolute Gasteiger partial charge is 0.748 e. The van der Waals surface area contributed by atoms with E-state index in [1.807, 2.05) is 0 Å². The summed E-state index contributed by atoms with van der Waals surface area (Å²) in [6.07, 6.45) is 0.130. The van der Waals surface area contributed by atoms with Gasteiger partial charge in [0, 0.05) is 17.9 Å². The summed E-state index contributed by atoms with van der Waals surface area (Å²) < 4.78 is 30.4. The zero-order chi connectivity index (χ0) is 10.5. The van der Waals surface area contributed by atoms with E-state index in [4.69, 9.17) is 0 Å². The summed E-state index contributed by atoms with van der Waals surface area (Å²) in [6.45, 7) is 5.11. The first-order valence-corrected chi connectivity index (χ1v) is 5.28. The van der Waals surface area contributed by atoms with Crippen molar-refractivity contribution in [3.05, 3.63) is 12.2 Å². The van der Waals surface area contributed by atoms with Gasteiger partial charge in [0.25, 0.3) is 0 Å². The van der Waals surface area contributed by atoms with Crippen molar-refractivity contribution >= 4 is 16.0 Å². The topological polar surface area (TPSA) is 86.3 Å². The van der Waals surface area contributed by atoms with Crippen molar-refractivity contribution in [2.45, 2.75) is 13.3 Å². The Balaban J connectivity index is 0. The average molecular weight is 229 g/mol. The van der Waals surface area contributed by atoms with Crippen molar-refractivity contribution in [1.29, 1.82) is 0 Å². The van der Waals surface area contributed by atoms with E-state index in [0.29, 0.717) is 5.57 Å². The van der Waals surface area contributed by atoms with Gasteiger partial charge in [0.2, 0.25) is 5.91 Å². The van der Waals surface area contributed by atoms with Crippen LogP contribution in [0.5, 0.6) is 0 Å². The number of nitrogens with one attached hydrogen (secondary N) is 1. The van der Waals surface area contributed by atoms with Crippen molar-refractivity contribution in [3.8, 4) is 0 Å². The van der Waals surface area contributed by atoms with Crippen molar-refractivity contribution in [3.63, 3.8) is 0 Å². The maximum absolute atomic E-state index is 10.8. The van der Waals surface area contributed by atoms with Gasteiger partial charge in [-0.05, 0) is 13.3 Å². The zero-order valence-electron chi connectivity index (χ0n) is 8.37. The molecule has 0 aromatic heterocycles. The van der Waals surface area contributed by atoms with Gasteiger partial charge in [-0.15, -0.1) is 0 Å². The molecule has 0 aliphatic rings. The first-order valence-electron chi connectivity index (χ1n) is 3.70. The Morgan fingerprint density at radius 3 is 2.36 bits per heavy atom. The molecule has 0 aromatic rings. The fraction of sp³-hybridized carbons (Fsp3) is 0.571. The standard InChI is InChI=1S/C7H13NO4S.Na/c1-6(2)7(9)8-4-3-5-13(10,11)12;/h1,3-5H2,2H3,(H,8,9)(H,10,11,12);/q;+1/p-1. The summed E-state index contributed by atoms with van der Waals surface area (Å²) in [5.74, 6) is -0.785. The van der Waals surface area contributed by atoms with Crippen LogP contribution >= 0.6 is 0 Å². The molecule has 0 bridgehead atoms. The number of hydrogen-bond acceptors (Lipinski definition) is 4. The number of carbonyl (C=O) groups is 1. The van der Waals surface area contributed by atoms with Crippen LogP contribution in [0.2, 0.25) is 0 Å². The Morgan fingerprint density at radius 1 is 1.50 bits per heavy atom. The van der Waals surface area contributed by atoms with Gasteiger partial charge >= 0.3 is 29.6 Å². The van der Waals surface area contributed by atoms with Gasteiger partial charge in [-0.3, -0.25) is 4.79 Å². The molecule has 0 unspecified atom stereocenters. The number of carbonyl (C=O) groups excluding carboxylic acids is 1. The summed E-state index contributed by atoms with van der Waals surface area (Å²) in [4.78, 5) is 10.8. The van der Waals surface area contributed by atoms with E-state index >= 15 is 0 Å². The minimum absolute atomic E-state index is 0. The van der Waals surface area contributed by atoms with Gasteiger partial charge in [0.15, 0.2) is 0 Å². The van der Waals surface area contributed by atoms with Crippen LogP contribution in [-0.2, 0) is 14.9 Å². The molecule has 0 rings (SSSR count). The molecular formula is C7H12NNaO4S. The number of amides is 1. The third-order valence-electron chi connectivity index (χ3n) is 1.24. The molecule has 76 valence electrons. The van der Waals surface area contributed by atoms with Crippen LogP contribution in [-0.4, -0.2) is 31.2 Å². The van der Waals surface area contributed by atoms with Crippen molar-refractivity contribution in [2.75, 3.05) is 12.3 Å². The van der Waals surface area contributed by atoms with Crippen molar-refractivity contribution < 1.29 is 47.3 Å². The molecule has 0 atom stereocenters. The molecule has 0 fully saturated rings. The van der Waals surface area contributed by atoms with E-state index in [2.05, 4.69) is 11.9 Å². The van der Waals surface area contributed by atoms with Crippen molar-refractivity contribution in [1.82, 2.24) is 5.32 Å². The zero-order valence-corrected chi connectivity index (χ0v) is 11.2. The van der Waals surface area contributed by atoms with E-state index in [1.54, 1.807) is 6.92 Å². The van der Waals surface area contributed by atoms with Crippen LogP contribution in [0.4, 0.5) is 0 Å². The van der Waals surface area contributed by atoms with E-state index < -0.39 is 15.9 Å². The first-order chi connectivity index (χ1) is 5.83. The molecule has 7 heteroatoms. The van der Waals surface area contributed by atoms with Gasteiger partial charge in [-0.2, -0.15) is 0 Å². The number of hydrogen-bond donors (Lipinski definition) is 1. The molecule has 5 nitrogen and oxygen atoms in total. The minimum atomic E-state index is -4.17. The third-order valence-corrected chi connectivity index (χ3v) is 2.03. The van der Waals surface area contributed by atoms with E-state index in [9.17, 15) is 17.8 Å². The summed E-state index contributed by atoms with van der Waals surface area (Å²) in [5, 5.41) is 2.41. The minimum Gasteiger partial charge on any atom is -0.748 e. The van der Waals surface area contributed by atoms with Crippen LogP contribution in [0.25, 0.3) is 0 Å². The quantitative estimate of drug-likeness (QED) is 0.231. The monoisotopic (exact) mass is 229 g/mol. The summed E-state index contributed by atoms with van der Waals surface area (Å²) >= 11 is 0. The SMILES string of the molecule is C=C(C)C(=O)NCCCS(=O)(=O)[O-].[Na+]. The van der Waals surface area contributed by atoms with Crippen molar-refractivity contribution in [2.24, 2.45) is 0 Å². The van der Waals surface area contributed by atoms with Crippen LogP contribution in [0.15, 0.2) is 12.2 Å². The molecule has 0 spiro atoms. The Kier molecular flexibility index (Phi) is 8.77. The fourth-order valence-electron chi connectivity index (χ4n) is 0.602. The molecule has 1 N–H and O–H groups in total. The van der Waals surface area contributed by atoms with E-state index in [-0.39, 0.29) is 48.4 Å². The van der Waals surface area contributed by atoms with Gasteiger partial charge < -0.3 is 9.87 Å². The largest absolute Gasteiger partial charge is 1.00 e. The van der Waals surface area contributed by atoms with Crippen LogP contribution in [0.3, 0.4) is 0 Å². The molecular weight excluding hydrogens is 217 g/mol. The first kappa shape index (κ1) is 16.5. The van der Waals surface area contributed by atoms with Crippen LogP contribution in [0, 0.1) is 0 Å². The molecule has 0 saturated heterocycles. The Morgan fingerprint density at radius 2 is 2.00 bits per heavy atom. The molecule has 1 amide bonds. The second-order valence-electron chi connectivity index (χ2n) is 2.65. The second-order valence-corrected chi connectivity index (χ2v) is 4.18. The number of rotatable bonds is 5. The maximum Gasteiger partial charge on any atom is 1.00 e. The van der Waals surface area contributed by atoms with Gasteiger partial charge in [0.05, 0.1) is 10.1 Å². The summed E-state index contributed by atoms with van der Waals surface area (Å²) in [7, 11) is -4.17. The summed E-state index contributed by atoms with van der Waals surface area (Å²) in [6, 6.07) is 0. The average Bonchev–Trinajstić information content (AvgIpc) is 1.95. The predicted molar refractivity (Wildman–Crippen MR) is 47.0 cm³/mol. The maximum atomic E-state index is 10.8. The summed E-state index contributed by atoms with van der Waals surface area (Å²) in [5.41, 5.74) is 0.352. The van der Waals surface area contributed by atoms with Crippen LogP contribution < -0.4 is 34.9 Å². The Labute approximate surface area is 106 Å². The third kappa shape index (κ3) is 10.2. The normalized spacial score (nSPS) is 10.1. The van der Waals surface area contributed by atoms with E-state index in [0.717, 1.165) is 0 Å². The molecule has 0 radical (unpaired) electrons. The van der Waals surface area contributed by atoms with Crippen LogP contribution in [0.1, 0.15) is 13.3 Å². The Bertz CT molecular complexity index is 299. The molecule has 0 aliphatic heterocycles. The molecule has 0 saturated carbocycles. The van der Waals surface area contributed by atoms with Gasteiger partial charge in [-0.1, -0.05) is 6.58 Å². The molecule has 14 heavy (non-hydrogen) atoms. The van der Waals surface area contributed by atoms with Gasteiger partial charge in [0.1, 0.15) is 0 Å². The molecule has 0 aromatic carbocycles. The molecule has 0 heterocycles.